The number of aromatic nitrogens is 3. The van der Waals surface area contributed by atoms with Gasteiger partial charge in [0.25, 0.3) is 0 Å². The maximum atomic E-state index is 15.4. The van der Waals surface area contributed by atoms with Crippen LogP contribution in [0.15, 0.2) is 41.7 Å². The average molecular weight is 532 g/mol. The number of benzene rings is 1. The van der Waals surface area contributed by atoms with Crippen LogP contribution < -0.4 is 15.8 Å². The maximum Gasteiger partial charge on any atom is 0.239 e. The van der Waals surface area contributed by atoms with Gasteiger partial charge in [-0.3, -0.25) is 9.79 Å². The molecule has 0 bridgehead atoms. The number of ether oxygens (including phenoxy) is 1. The van der Waals surface area contributed by atoms with E-state index in [1.54, 1.807) is 24.4 Å². The minimum atomic E-state index is -0.984. The molecular weight excluding hydrogens is 505 g/mol. The number of amidine groups is 1. The zero-order valence-electron chi connectivity index (χ0n) is 20.8. The van der Waals surface area contributed by atoms with Crippen LogP contribution in [-0.2, 0) is 10.3 Å². The summed E-state index contributed by atoms with van der Waals surface area (Å²) < 4.78 is 20.1. The third-order valence-corrected chi connectivity index (χ3v) is 8.78. The molecule has 0 radical (unpaired) electrons. The number of terminal acetylenes is 1. The van der Waals surface area contributed by atoms with Crippen molar-refractivity contribution >= 4 is 45.4 Å². The van der Waals surface area contributed by atoms with Gasteiger partial charge in [0.1, 0.15) is 16.1 Å². The highest BCUT2D eigenvalue weighted by Gasteiger charge is 2.71. The van der Waals surface area contributed by atoms with Crippen LogP contribution in [0.1, 0.15) is 31.7 Å². The van der Waals surface area contributed by atoms with Crippen LogP contribution >= 0.6 is 11.8 Å². The smallest absolute Gasteiger partial charge is 0.239 e. The van der Waals surface area contributed by atoms with E-state index in [4.69, 9.17) is 21.9 Å². The number of hydrogen-bond donors (Lipinski definition) is 2. The Morgan fingerprint density at radius 1 is 1.34 bits per heavy atom. The Hall–Kier alpha value is -3.91. The summed E-state index contributed by atoms with van der Waals surface area (Å²) in [5.41, 5.74) is 7.34. The number of halogens is 1. The quantitative estimate of drug-likeness (QED) is 0.464. The third-order valence-electron chi connectivity index (χ3n) is 7.49. The van der Waals surface area contributed by atoms with E-state index in [1.165, 1.54) is 24.0 Å². The van der Waals surface area contributed by atoms with Gasteiger partial charge in [0, 0.05) is 36.5 Å². The molecule has 3 aliphatic rings. The molecule has 6 rings (SSSR count). The highest BCUT2D eigenvalue weighted by Crippen LogP contribution is 2.66. The molecule has 1 saturated heterocycles. The summed E-state index contributed by atoms with van der Waals surface area (Å²) in [5, 5.41) is 3.54. The third kappa shape index (κ3) is 4.00. The van der Waals surface area contributed by atoms with E-state index in [-0.39, 0.29) is 18.4 Å². The van der Waals surface area contributed by atoms with Crippen LogP contribution in [0.5, 0.6) is 5.88 Å². The first-order valence-electron chi connectivity index (χ1n) is 12.4. The molecule has 1 aliphatic carbocycles. The van der Waals surface area contributed by atoms with E-state index in [2.05, 4.69) is 26.2 Å². The lowest BCUT2D eigenvalue weighted by Gasteiger charge is -2.35. The number of anilines is 2. The van der Waals surface area contributed by atoms with Gasteiger partial charge in [-0.25, -0.2) is 19.3 Å². The number of fused-ring (bicyclic) bond motifs is 2. The molecule has 194 valence electrons. The number of thioether (sulfide) groups is 1. The number of amides is 1. The van der Waals surface area contributed by atoms with Crippen LogP contribution in [0.3, 0.4) is 0 Å². The normalized spacial score (nSPS) is 25.9. The summed E-state index contributed by atoms with van der Waals surface area (Å²) in [6.07, 6.45) is 10.9. The summed E-state index contributed by atoms with van der Waals surface area (Å²) in [6.45, 7) is 3.47. The number of hydrogen-bond acceptors (Lipinski definition) is 9. The molecule has 1 amide bonds. The summed E-state index contributed by atoms with van der Waals surface area (Å²) >= 11 is 1.33. The van der Waals surface area contributed by atoms with Gasteiger partial charge in [0.2, 0.25) is 11.8 Å². The molecule has 3 atom stereocenters. The highest BCUT2D eigenvalue weighted by atomic mass is 32.2. The second kappa shape index (κ2) is 9.13. The molecular formula is C27H26FN7O2S. The predicted molar refractivity (Wildman–Crippen MR) is 145 cm³/mol. The fraction of sp³-hybridized carbons (Fsp3) is 0.370. The summed E-state index contributed by atoms with van der Waals surface area (Å²) in [6, 6.07) is 6.45. The molecule has 0 unspecified atom stereocenters. The van der Waals surface area contributed by atoms with Crippen molar-refractivity contribution < 1.29 is 13.9 Å². The zero-order chi connectivity index (χ0) is 26.5. The Balaban J connectivity index is 1.32. The Kier molecular flexibility index (Phi) is 5.87. The molecule has 2 aliphatic heterocycles. The Bertz CT molecular complexity index is 1520. The molecule has 3 aromatic rings. The number of rotatable bonds is 6. The Labute approximate surface area is 223 Å². The minimum absolute atomic E-state index is 0.0882. The summed E-state index contributed by atoms with van der Waals surface area (Å²) in [7, 11) is 0. The molecule has 1 aromatic carbocycles. The van der Waals surface area contributed by atoms with Crippen molar-refractivity contribution in [2.75, 3.05) is 25.0 Å². The van der Waals surface area contributed by atoms with Gasteiger partial charge in [0.15, 0.2) is 17.6 Å². The second-order valence-corrected chi connectivity index (χ2v) is 11.2. The predicted octanol–water partition coefficient (Wildman–Crippen LogP) is 3.58. The lowest BCUT2D eigenvalue weighted by Crippen LogP contribution is -2.45. The molecule has 11 heteroatoms. The van der Waals surface area contributed by atoms with E-state index < -0.39 is 16.1 Å². The van der Waals surface area contributed by atoms with E-state index >= 15 is 4.39 Å². The van der Waals surface area contributed by atoms with Crippen LogP contribution in [0.25, 0.3) is 11.0 Å². The average Bonchev–Trinajstić information content (AvgIpc) is 3.41. The van der Waals surface area contributed by atoms with Crippen molar-refractivity contribution in [2.24, 2.45) is 16.6 Å². The molecule has 2 aromatic heterocycles. The van der Waals surface area contributed by atoms with Crippen LogP contribution in [0.2, 0.25) is 0 Å². The molecule has 0 spiro atoms. The fourth-order valence-electron chi connectivity index (χ4n) is 5.57. The summed E-state index contributed by atoms with van der Waals surface area (Å²) in [5.74, 6) is 2.68. The summed E-state index contributed by atoms with van der Waals surface area (Å²) in [4.78, 5) is 33.4. The van der Waals surface area contributed by atoms with E-state index in [9.17, 15) is 4.79 Å². The number of carbonyl (C=O) groups excluding carboxylic acids is 1. The van der Waals surface area contributed by atoms with Crippen molar-refractivity contribution in [2.45, 2.75) is 36.5 Å². The number of nitrogens with zero attached hydrogens (tertiary/aromatic N) is 5. The van der Waals surface area contributed by atoms with E-state index in [0.29, 0.717) is 45.6 Å². The van der Waals surface area contributed by atoms with E-state index in [1.807, 2.05) is 11.8 Å². The highest BCUT2D eigenvalue weighted by molar-refractivity contribution is 8.15. The number of nitrogens with two attached hydrogens (primary N) is 1. The number of likely N-dealkylation sites (tertiary alicyclic amines) is 1. The molecule has 3 N–H and O–H groups in total. The lowest BCUT2D eigenvalue weighted by atomic mass is 9.85. The SMILES string of the molecule is C#CCOc1cnc2c(Nc3ccc(F)c([C@@]4(C)N=C(N)S[C@@]5(C(=O)N6CCCC6)C[C@H]54)c3)nccc2n1. The number of carbonyl (C=O) groups is 1. The molecule has 2 fully saturated rings. The van der Waals surface area contributed by atoms with Gasteiger partial charge in [0.05, 0.1) is 17.3 Å². The largest absolute Gasteiger partial charge is 0.463 e. The fourth-order valence-corrected chi connectivity index (χ4v) is 7.02. The van der Waals surface area contributed by atoms with Gasteiger partial charge in [-0.2, -0.15) is 0 Å². The lowest BCUT2D eigenvalue weighted by molar-refractivity contribution is -0.130. The van der Waals surface area contributed by atoms with Crippen molar-refractivity contribution in [3.63, 3.8) is 0 Å². The van der Waals surface area contributed by atoms with Crippen molar-refractivity contribution in [3.8, 4) is 18.2 Å². The first-order chi connectivity index (χ1) is 18.3. The van der Waals surface area contributed by atoms with Gasteiger partial charge in [-0.05, 0) is 50.5 Å². The standard InChI is InChI=1S/C27H26FN7O2S/c1-3-12-37-21-15-31-22-19(33-21)8-9-30-23(22)32-16-6-7-18(28)17(13-16)26(2)20-14-27(20,38-25(29)34-26)24(36)35-10-4-5-11-35/h1,6-9,13,15,20H,4-5,10-12,14H2,2H3,(H2,29,34)(H,30,32)/t20-,26+,27-/m0/s1. The molecule has 1 saturated carbocycles. The maximum absolute atomic E-state index is 15.4. The van der Waals surface area contributed by atoms with Crippen molar-refractivity contribution in [1.82, 2.24) is 19.9 Å². The number of pyridine rings is 1. The Morgan fingerprint density at radius 2 is 2.16 bits per heavy atom. The minimum Gasteiger partial charge on any atom is -0.463 e. The van der Waals surface area contributed by atoms with Gasteiger partial charge < -0.3 is 20.7 Å². The van der Waals surface area contributed by atoms with Gasteiger partial charge >= 0.3 is 0 Å². The van der Waals surface area contributed by atoms with Crippen LogP contribution in [0.4, 0.5) is 15.9 Å². The van der Waals surface area contributed by atoms with E-state index in [0.717, 1.165) is 25.9 Å². The van der Waals surface area contributed by atoms with Crippen molar-refractivity contribution in [3.05, 3.63) is 48.0 Å². The first-order valence-corrected chi connectivity index (χ1v) is 13.2. The second-order valence-electron chi connectivity index (χ2n) is 9.89. The number of nitrogens with one attached hydrogen (secondary N) is 1. The Morgan fingerprint density at radius 3 is 2.95 bits per heavy atom. The van der Waals surface area contributed by atoms with Crippen LogP contribution in [-0.4, -0.2) is 55.4 Å². The zero-order valence-corrected chi connectivity index (χ0v) is 21.6. The van der Waals surface area contributed by atoms with Crippen molar-refractivity contribution in [1.29, 1.82) is 0 Å². The molecule has 4 heterocycles. The topological polar surface area (TPSA) is 119 Å². The molecule has 38 heavy (non-hydrogen) atoms. The monoisotopic (exact) mass is 531 g/mol. The van der Waals surface area contributed by atoms with Gasteiger partial charge in [-0.1, -0.05) is 17.7 Å². The molecule has 9 nitrogen and oxygen atoms in total. The first kappa shape index (κ1) is 24.4. The van der Waals surface area contributed by atoms with Crippen LogP contribution in [0, 0.1) is 24.1 Å². The number of aliphatic imine (C=N–C) groups is 1. The van der Waals surface area contributed by atoms with Gasteiger partial charge in [-0.15, -0.1) is 6.42 Å².